The van der Waals surface area contributed by atoms with Gasteiger partial charge >= 0.3 is 0 Å². The number of hydrogen-bond acceptors (Lipinski definition) is 3. The highest BCUT2D eigenvalue weighted by Gasteiger charge is 2.08. The van der Waals surface area contributed by atoms with Crippen molar-refractivity contribution < 1.29 is 4.79 Å². The number of carbonyl (C=O) groups is 1. The summed E-state index contributed by atoms with van der Waals surface area (Å²) in [5.74, 6) is 0.443. The number of aromatic nitrogens is 2. The van der Waals surface area contributed by atoms with Crippen LogP contribution in [-0.2, 0) is 11.3 Å². The molecule has 0 radical (unpaired) electrons. The molecule has 0 fully saturated rings. The van der Waals surface area contributed by atoms with E-state index in [1.165, 1.54) is 0 Å². The average molecular weight is 210 g/mol. The van der Waals surface area contributed by atoms with Crippen LogP contribution >= 0.6 is 0 Å². The second-order valence-corrected chi connectivity index (χ2v) is 3.77. The molecule has 1 aromatic heterocycles. The van der Waals surface area contributed by atoms with Gasteiger partial charge in [0.2, 0.25) is 5.91 Å². The molecule has 0 saturated heterocycles. The van der Waals surface area contributed by atoms with Gasteiger partial charge in [0.15, 0.2) is 0 Å². The first-order chi connectivity index (χ1) is 7.02. The third-order valence-corrected chi connectivity index (χ3v) is 2.31. The van der Waals surface area contributed by atoms with E-state index in [2.05, 4.69) is 10.4 Å². The maximum Gasteiger partial charge on any atom is 0.241 e. The van der Waals surface area contributed by atoms with E-state index < -0.39 is 0 Å². The minimum absolute atomic E-state index is 0.0353. The number of nitrogens with zero attached hydrogens (tertiary/aromatic N) is 2. The van der Waals surface area contributed by atoms with Crippen LogP contribution in [0.3, 0.4) is 0 Å². The molecule has 0 bridgehead atoms. The van der Waals surface area contributed by atoms with Crippen molar-refractivity contribution in [3.63, 3.8) is 0 Å². The third kappa shape index (κ3) is 3.27. The summed E-state index contributed by atoms with van der Waals surface area (Å²) in [6.45, 7) is 6.09. The van der Waals surface area contributed by atoms with Gasteiger partial charge in [0.1, 0.15) is 12.4 Å². The molecule has 0 aliphatic heterocycles. The summed E-state index contributed by atoms with van der Waals surface area (Å²) < 4.78 is 1.56. The average Bonchev–Trinajstić information content (AvgIpc) is 2.45. The summed E-state index contributed by atoms with van der Waals surface area (Å²) >= 11 is 0. The Morgan fingerprint density at radius 3 is 2.87 bits per heavy atom. The van der Waals surface area contributed by atoms with E-state index in [-0.39, 0.29) is 18.5 Å². The fourth-order valence-electron chi connectivity index (χ4n) is 1.19. The summed E-state index contributed by atoms with van der Waals surface area (Å²) in [6.07, 6.45) is 2.69. The molecule has 0 aliphatic carbocycles. The Balaban J connectivity index is 2.51. The Hall–Kier alpha value is -1.52. The summed E-state index contributed by atoms with van der Waals surface area (Å²) in [5.41, 5.74) is 6.47. The van der Waals surface area contributed by atoms with Crippen molar-refractivity contribution in [2.75, 3.05) is 5.73 Å². The van der Waals surface area contributed by atoms with E-state index in [4.69, 9.17) is 5.73 Å². The van der Waals surface area contributed by atoms with Gasteiger partial charge in [-0.25, -0.2) is 0 Å². The molecule has 0 aromatic carbocycles. The van der Waals surface area contributed by atoms with Crippen LogP contribution in [0.5, 0.6) is 0 Å². The molecule has 1 unspecified atom stereocenters. The molecule has 1 heterocycles. The lowest BCUT2D eigenvalue weighted by Crippen LogP contribution is -2.34. The molecule has 1 rings (SSSR count). The van der Waals surface area contributed by atoms with E-state index in [9.17, 15) is 4.79 Å². The summed E-state index contributed by atoms with van der Waals surface area (Å²) in [6, 6.07) is 0.200. The largest absolute Gasteiger partial charge is 0.382 e. The van der Waals surface area contributed by atoms with Gasteiger partial charge in [0, 0.05) is 17.8 Å². The summed E-state index contributed by atoms with van der Waals surface area (Å²) in [4.78, 5) is 11.5. The van der Waals surface area contributed by atoms with Crippen LogP contribution in [-0.4, -0.2) is 21.7 Å². The molecule has 5 nitrogen and oxygen atoms in total. The van der Waals surface area contributed by atoms with Crippen LogP contribution in [0.2, 0.25) is 0 Å². The minimum Gasteiger partial charge on any atom is -0.382 e. The van der Waals surface area contributed by atoms with E-state index in [1.807, 2.05) is 20.8 Å². The number of aryl methyl sites for hydroxylation is 1. The van der Waals surface area contributed by atoms with Crippen molar-refractivity contribution >= 4 is 11.7 Å². The molecule has 1 aromatic rings. The van der Waals surface area contributed by atoms with E-state index in [0.29, 0.717) is 5.82 Å². The first kappa shape index (κ1) is 11.6. The second kappa shape index (κ2) is 4.82. The molecular weight excluding hydrogens is 192 g/mol. The van der Waals surface area contributed by atoms with Crippen LogP contribution in [0.4, 0.5) is 5.82 Å². The van der Waals surface area contributed by atoms with Crippen molar-refractivity contribution in [3.8, 4) is 0 Å². The lowest BCUT2D eigenvalue weighted by atomic mass is 10.2. The van der Waals surface area contributed by atoms with Gasteiger partial charge in [-0.3, -0.25) is 9.48 Å². The zero-order valence-electron chi connectivity index (χ0n) is 9.45. The van der Waals surface area contributed by atoms with Gasteiger partial charge in [0.25, 0.3) is 0 Å². The van der Waals surface area contributed by atoms with Crippen LogP contribution in [0, 0.1) is 6.92 Å². The highest BCUT2D eigenvalue weighted by molar-refractivity contribution is 5.75. The van der Waals surface area contributed by atoms with E-state index in [1.54, 1.807) is 10.9 Å². The third-order valence-electron chi connectivity index (χ3n) is 2.31. The smallest absolute Gasteiger partial charge is 0.241 e. The quantitative estimate of drug-likeness (QED) is 0.768. The molecular formula is C10H18N4O. The second-order valence-electron chi connectivity index (χ2n) is 3.77. The zero-order valence-corrected chi connectivity index (χ0v) is 9.45. The monoisotopic (exact) mass is 210 g/mol. The number of hydrogen-bond donors (Lipinski definition) is 2. The van der Waals surface area contributed by atoms with Gasteiger partial charge in [-0.2, -0.15) is 5.10 Å². The first-order valence-corrected chi connectivity index (χ1v) is 5.11. The van der Waals surface area contributed by atoms with E-state index >= 15 is 0 Å². The molecule has 1 atom stereocenters. The van der Waals surface area contributed by atoms with Crippen molar-refractivity contribution in [2.45, 2.75) is 39.8 Å². The predicted octanol–water partition coefficient (Wildman–Crippen LogP) is 0.688. The fourth-order valence-corrected chi connectivity index (χ4v) is 1.19. The molecule has 5 heteroatoms. The highest BCUT2D eigenvalue weighted by Crippen LogP contribution is 2.05. The van der Waals surface area contributed by atoms with Gasteiger partial charge in [-0.1, -0.05) is 6.92 Å². The topological polar surface area (TPSA) is 72.9 Å². The summed E-state index contributed by atoms with van der Waals surface area (Å²) in [5, 5.41) is 6.88. The highest BCUT2D eigenvalue weighted by atomic mass is 16.2. The van der Waals surface area contributed by atoms with Crippen molar-refractivity contribution in [2.24, 2.45) is 0 Å². The van der Waals surface area contributed by atoms with Crippen molar-refractivity contribution in [1.29, 1.82) is 0 Å². The van der Waals surface area contributed by atoms with Crippen LogP contribution in [0.15, 0.2) is 6.20 Å². The van der Waals surface area contributed by atoms with Crippen LogP contribution in [0.1, 0.15) is 25.8 Å². The Kier molecular flexibility index (Phi) is 3.71. The Morgan fingerprint density at radius 2 is 2.40 bits per heavy atom. The minimum atomic E-state index is -0.0353. The predicted molar refractivity (Wildman–Crippen MR) is 59.3 cm³/mol. The van der Waals surface area contributed by atoms with Gasteiger partial charge in [-0.15, -0.1) is 0 Å². The maximum atomic E-state index is 11.5. The molecule has 3 N–H and O–H groups in total. The van der Waals surface area contributed by atoms with Crippen LogP contribution < -0.4 is 11.1 Å². The lowest BCUT2D eigenvalue weighted by molar-refractivity contribution is -0.122. The van der Waals surface area contributed by atoms with Gasteiger partial charge in [-0.05, 0) is 20.3 Å². The van der Waals surface area contributed by atoms with Crippen LogP contribution in [0.25, 0.3) is 0 Å². The number of amides is 1. The molecule has 15 heavy (non-hydrogen) atoms. The molecule has 0 aliphatic rings. The number of nitrogen functional groups attached to an aromatic ring is 1. The number of anilines is 1. The Labute approximate surface area is 89.6 Å². The molecule has 1 amide bonds. The SMILES string of the molecule is CCC(C)NC(=O)Cn1cc(C)c(N)n1. The lowest BCUT2D eigenvalue weighted by Gasteiger charge is -2.10. The Bertz CT molecular complexity index is 326. The fraction of sp³-hybridized carbons (Fsp3) is 0.600. The van der Waals surface area contributed by atoms with Crippen molar-refractivity contribution in [1.82, 2.24) is 15.1 Å². The molecule has 84 valence electrons. The zero-order chi connectivity index (χ0) is 11.4. The number of carbonyl (C=O) groups excluding carboxylic acids is 1. The van der Waals surface area contributed by atoms with Crippen molar-refractivity contribution in [3.05, 3.63) is 11.8 Å². The first-order valence-electron chi connectivity index (χ1n) is 5.11. The molecule has 0 saturated carbocycles. The number of nitrogens with two attached hydrogens (primary N) is 1. The number of rotatable bonds is 4. The Morgan fingerprint density at radius 1 is 1.73 bits per heavy atom. The number of nitrogens with one attached hydrogen (secondary N) is 1. The van der Waals surface area contributed by atoms with Gasteiger partial charge in [0.05, 0.1) is 0 Å². The maximum absolute atomic E-state index is 11.5. The molecule has 0 spiro atoms. The normalized spacial score (nSPS) is 12.5. The van der Waals surface area contributed by atoms with Gasteiger partial charge < -0.3 is 11.1 Å². The standard InChI is InChI=1S/C10H18N4O/c1-4-8(3)12-9(15)6-14-5-7(2)10(11)13-14/h5,8H,4,6H2,1-3H3,(H2,11,13)(H,12,15). The summed E-state index contributed by atoms with van der Waals surface area (Å²) in [7, 11) is 0. The van der Waals surface area contributed by atoms with E-state index in [0.717, 1.165) is 12.0 Å².